The molecule has 2 unspecified atom stereocenters. The number of aliphatic hydroxyl groups excluding tert-OH is 1. The zero-order valence-electron chi connectivity index (χ0n) is 16.7. The van der Waals surface area contributed by atoms with Crippen LogP contribution in [0.1, 0.15) is 38.7 Å². The molecular formula is C21H30N4O3. The maximum Gasteiger partial charge on any atom is 0.410 e. The number of nitrogens with zero attached hydrogens (tertiary/aromatic N) is 3. The molecule has 1 aromatic rings. The van der Waals surface area contributed by atoms with Crippen LogP contribution in [0.3, 0.4) is 0 Å². The van der Waals surface area contributed by atoms with E-state index in [0.29, 0.717) is 30.7 Å². The second-order valence-corrected chi connectivity index (χ2v) is 8.28. The van der Waals surface area contributed by atoms with Crippen LogP contribution in [0.5, 0.6) is 0 Å². The highest BCUT2D eigenvalue weighted by Crippen LogP contribution is 2.31. The van der Waals surface area contributed by atoms with Crippen LogP contribution in [-0.2, 0) is 4.74 Å². The van der Waals surface area contributed by atoms with Gasteiger partial charge in [-0.25, -0.2) is 4.79 Å². The molecule has 0 aromatic heterocycles. The minimum atomic E-state index is -0.843. The average molecular weight is 386 g/mol. The molecule has 0 aliphatic carbocycles. The summed E-state index contributed by atoms with van der Waals surface area (Å²) >= 11 is 0. The molecule has 7 heteroatoms. The summed E-state index contributed by atoms with van der Waals surface area (Å²) in [6.45, 7) is 6.52. The van der Waals surface area contributed by atoms with E-state index in [9.17, 15) is 9.90 Å². The molecule has 2 aliphatic rings. The van der Waals surface area contributed by atoms with Crippen molar-refractivity contribution in [2.24, 2.45) is 0 Å². The Labute approximate surface area is 166 Å². The number of nitrogens with one attached hydrogen (secondary N) is 1. The number of amides is 1. The molecule has 3 rings (SSSR count). The standard InChI is InChI=1S/C21H30N4O3/c1-21(2,15-26)28-20(27)24-13-18-8-9-19(14-24)25(18)11-3-10-23-17-6-4-16(12-22)5-7-17/h4-7,18-19,23,26H,3,8-11,13-15H2,1-2H3. The predicted molar refractivity (Wildman–Crippen MR) is 107 cm³/mol. The van der Waals surface area contributed by atoms with Gasteiger partial charge < -0.3 is 20.1 Å². The Morgan fingerprint density at radius 3 is 2.50 bits per heavy atom. The second-order valence-electron chi connectivity index (χ2n) is 8.28. The van der Waals surface area contributed by atoms with Gasteiger partial charge in [0.25, 0.3) is 0 Å². The van der Waals surface area contributed by atoms with Crippen molar-refractivity contribution in [1.29, 1.82) is 5.26 Å². The number of piperazine rings is 1. The largest absolute Gasteiger partial charge is 0.441 e. The minimum Gasteiger partial charge on any atom is -0.441 e. The van der Waals surface area contributed by atoms with E-state index in [1.807, 2.05) is 24.3 Å². The van der Waals surface area contributed by atoms with Crippen molar-refractivity contribution in [2.45, 2.75) is 50.8 Å². The highest BCUT2D eigenvalue weighted by atomic mass is 16.6. The summed E-state index contributed by atoms with van der Waals surface area (Å²) in [4.78, 5) is 16.7. The van der Waals surface area contributed by atoms with Crippen LogP contribution < -0.4 is 5.32 Å². The number of hydrogen-bond acceptors (Lipinski definition) is 6. The van der Waals surface area contributed by atoms with E-state index in [0.717, 1.165) is 38.0 Å². The summed E-state index contributed by atoms with van der Waals surface area (Å²) in [5.74, 6) is 0. The number of rotatable bonds is 7. The average Bonchev–Trinajstić information content (AvgIpc) is 2.92. The summed E-state index contributed by atoms with van der Waals surface area (Å²) in [5.41, 5.74) is 0.853. The van der Waals surface area contributed by atoms with E-state index in [1.165, 1.54) is 0 Å². The Hall–Kier alpha value is -2.30. The molecule has 1 amide bonds. The van der Waals surface area contributed by atoms with E-state index in [1.54, 1.807) is 18.7 Å². The van der Waals surface area contributed by atoms with Gasteiger partial charge in [-0.3, -0.25) is 4.90 Å². The summed E-state index contributed by atoms with van der Waals surface area (Å²) in [6.07, 6.45) is 2.93. The zero-order chi connectivity index (χ0) is 20.1. The number of carbonyl (C=O) groups excluding carboxylic acids is 1. The molecule has 7 nitrogen and oxygen atoms in total. The van der Waals surface area contributed by atoms with E-state index >= 15 is 0 Å². The third-order valence-corrected chi connectivity index (χ3v) is 5.57. The van der Waals surface area contributed by atoms with Gasteiger partial charge in [0, 0.05) is 44.0 Å². The number of anilines is 1. The van der Waals surface area contributed by atoms with Crippen molar-refractivity contribution < 1.29 is 14.6 Å². The first-order valence-corrected chi connectivity index (χ1v) is 10.0. The van der Waals surface area contributed by atoms with Gasteiger partial charge in [-0.15, -0.1) is 0 Å². The van der Waals surface area contributed by atoms with Crippen LogP contribution >= 0.6 is 0 Å². The first kappa shape index (κ1) is 20.4. The summed E-state index contributed by atoms with van der Waals surface area (Å²) < 4.78 is 5.44. The Morgan fingerprint density at radius 2 is 1.93 bits per heavy atom. The molecule has 0 spiro atoms. The molecule has 2 bridgehead atoms. The van der Waals surface area contributed by atoms with Crippen LogP contribution in [0.2, 0.25) is 0 Å². The molecule has 2 heterocycles. The zero-order valence-corrected chi connectivity index (χ0v) is 16.7. The van der Waals surface area contributed by atoms with E-state index in [2.05, 4.69) is 16.3 Å². The quantitative estimate of drug-likeness (QED) is 0.700. The molecule has 1 aromatic carbocycles. The lowest BCUT2D eigenvalue weighted by molar-refractivity contribution is -0.0323. The number of aliphatic hydroxyl groups is 1. The maximum atomic E-state index is 12.4. The number of hydrogen-bond donors (Lipinski definition) is 2. The molecule has 28 heavy (non-hydrogen) atoms. The summed E-state index contributed by atoms with van der Waals surface area (Å²) in [7, 11) is 0. The first-order valence-electron chi connectivity index (χ1n) is 10.0. The fourth-order valence-electron chi connectivity index (χ4n) is 3.99. The topological polar surface area (TPSA) is 88.8 Å². The molecule has 2 atom stereocenters. The van der Waals surface area contributed by atoms with Crippen molar-refractivity contribution >= 4 is 11.8 Å². The highest BCUT2D eigenvalue weighted by Gasteiger charge is 2.42. The summed E-state index contributed by atoms with van der Waals surface area (Å²) in [6, 6.07) is 10.4. The molecule has 2 aliphatic heterocycles. The number of fused-ring (bicyclic) bond motifs is 2. The molecule has 0 radical (unpaired) electrons. The fraction of sp³-hybridized carbons (Fsp3) is 0.619. The molecule has 2 fully saturated rings. The predicted octanol–water partition coefficient (Wildman–Crippen LogP) is 2.42. The van der Waals surface area contributed by atoms with Crippen molar-refractivity contribution in [3.63, 3.8) is 0 Å². The first-order chi connectivity index (χ1) is 13.4. The van der Waals surface area contributed by atoms with Crippen molar-refractivity contribution in [1.82, 2.24) is 9.80 Å². The van der Waals surface area contributed by atoms with Gasteiger partial charge in [0.2, 0.25) is 0 Å². The van der Waals surface area contributed by atoms with Gasteiger partial charge in [0.05, 0.1) is 18.2 Å². The maximum absolute atomic E-state index is 12.4. The van der Waals surface area contributed by atoms with Gasteiger partial charge >= 0.3 is 6.09 Å². The molecule has 152 valence electrons. The van der Waals surface area contributed by atoms with Gasteiger partial charge in [-0.1, -0.05) is 0 Å². The Bertz CT molecular complexity index is 699. The van der Waals surface area contributed by atoms with Crippen LogP contribution in [0.25, 0.3) is 0 Å². The molecule has 0 saturated carbocycles. The van der Waals surface area contributed by atoms with E-state index < -0.39 is 5.60 Å². The fourth-order valence-corrected chi connectivity index (χ4v) is 3.99. The van der Waals surface area contributed by atoms with Gasteiger partial charge in [-0.05, 0) is 57.4 Å². The second kappa shape index (κ2) is 8.80. The Morgan fingerprint density at radius 1 is 1.29 bits per heavy atom. The lowest BCUT2D eigenvalue weighted by Gasteiger charge is -2.41. The Kier molecular flexibility index (Phi) is 6.42. The minimum absolute atomic E-state index is 0.183. The van der Waals surface area contributed by atoms with E-state index in [4.69, 9.17) is 10.00 Å². The SMILES string of the molecule is CC(C)(CO)OC(=O)N1CC2CCC(C1)N2CCCNc1ccc(C#N)cc1. The van der Waals surface area contributed by atoms with Crippen LogP contribution in [0.15, 0.2) is 24.3 Å². The summed E-state index contributed by atoms with van der Waals surface area (Å²) in [5, 5.41) is 21.5. The number of benzene rings is 1. The van der Waals surface area contributed by atoms with Crippen LogP contribution in [0, 0.1) is 11.3 Å². The van der Waals surface area contributed by atoms with Crippen molar-refractivity contribution in [3.8, 4) is 6.07 Å². The molecular weight excluding hydrogens is 356 g/mol. The molecule has 2 saturated heterocycles. The number of likely N-dealkylation sites (tertiary alicyclic amines) is 1. The van der Waals surface area contributed by atoms with Crippen LogP contribution in [-0.4, -0.2) is 71.5 Å². The number of carbonyl (C=O) groups is 1. The lowest BCUT2D eigenvalue weighted by atomic mass is 10.1. The highest BCUT2D eigenvalue weighted by molar-refractivity contribution is 5.68. The van der Waals surface area contributed by atoms with E-state index in [-0.39, 0.29) is 12.7 Å². The monoisotopic (exact) mass is 386 g/mol. The molecule has 2 N–H and O–H groups in total. The van der Waals surface area contributed by atoms with Gasteiger partial charge in [-0.2, -0.15) is 5.26 Å². The number of ether oxygens (including phenoxy) is 1. The van der Waals surface area contributed by atoms with Gasteiger partial charge in [0.1, 0.15) is 5.60 Å². The third-order valence-electron chi connectivity index (χ3n) is 5.57. The van der Waals surface area contributed by atoms with Crippen molar-refractivity contribution in [3.05, 3.63) is 29.8 Å². The smallest absolute Gasteiger partial charge is 0.410 e. The normalized spacial score (nSPS) is 22.0. The van der Waals surface area contributed by atoms with Crippen LogP contribution in [0.4, 0.5) is 10.5 Å². The lowest BCUT2D eigenvalue weighted by Crippen LogP contribution is -2.56. The Balaban J connectivity index is 1.43. The van der Waals surface area contributed by atoms with Crippen molar-refractivity contribution in [2.75, 3.05) is 38.1 Å². The third kappa shape index (κ3) is 4.94. The number of nitriles is 1. The van der Waals surface area contributed by atoms with Gasteiger partial charge in [0.15, 0.2) is 0 Å².